The van der Waals surface area contributed by atoms with Crippen LogP contribution in [0.1, 0.15) is 5.56 Å². The first-order valence-corrected chi connectivity index (χ1v) is 9.92. The van der Waals surface area contributed by atoms with E-state index in [1.807, 2.05) is 41.1 Å². The van der Waals surface area contributed by atoms with E-state index < -0.39 is 6.03 Å². The van der Waals surface area contributed by atoms with Gasteiger partial charge in [0.2, 0.25) is 0 Å². The van der Waals surface area contributed by atoms with E-state index in [9.17, 15) is 9.18 Å². The lowest BCUT2D eigenvalue weighted by atomic mass is 10.2. The minimum atomic E-state index is -0.396. The van der Waals surface area contributed by atoms with Gasteiger partial charge in [-0.2, -0.15) is 0 Å². The van der Waals surface area contributed by atoms with Crippen LogP contribution in [0.15, 0.2) is 71.6 Å². The SMILES string of the molecule is COc1ccc(Br)cc1NC(=O)Nc1cccc2c1ccn2Cc1ccncc1F. The third kappa shape index (κ3) is 4.13. The maximum Gasteiger partial charge on any atom is 0.323 e. The van der Waals surface area contributed by atoms with E-state index in [4.69, 9.17) is 4.74 Å². The quantitative estimate of drug-likeness (QED) is 0.398. The van der Waals surface area contributed by atoms with Crippen molar-refractivity contribution in [3.8, 4) is 5.75 Å². The van der Waals surface area contributed by atoms with E-state index in [0.29, 0.717) is 29.2 Å². The maximum atomic E-state index is 14.0. The van der Waals surface area contributed by atoms with E-state index >= 15 is 0 Å². The fourth-order valence-electron chi connectivity index (χ4n) is 3.24. The van der Waals surface area contributed by atoms with Gasteiger partial charge in [0.1, 0.15) is 11.6 Å². The second kappa shape index (κ2) is 8.54. The number of hydrogen-bond acceptors (Lipinski definition) is 3. The Morgan fingerprint density at radius 3 is 2.80 bits per heavy atom. The summed E-state index contributed by atoms with van der Waals surface area (Å²) >= 11 is 3.39. The third-order valence-electron chi connectivity index (χ3n) is 4.67. The van der Waals surface area contributed by atoms with Crippen LogP contribution in [0.3, 0.4) is 0 Å². The second-order valence-corrected chi connectivity index (χ2v) is 7.49. The molecule has 0 aliphatic carbocycles. The lowest BCUT2D eigenvalue weighted by Gasteiger charge is -2.12. The molecular weight excluding hydrogens is 451 g/mol. The van der Waals surface area contributed by atoms with Crippen LogP contribution in [0.25, 0.3) is 10.9 Å². The van der Waals surface area contributed by atoms with Crippen LogP contribution < -0.4 is 15.4 Å². The average molecular weight is 469 g/mol. The van der Waals surface area contributed by atoms with E-state index in [0.717, 1.165) is 15.4 Å². The summed E-state index contributed by atoms with van der Waals surface area (Å²) in [5.41, 5.74) is 2.61. The number of hydrogen-bond donors (Lipinski definition) is 2. The molecule has 4 aromatic rings. The van der Waals surface area contributed by atoms with Crippen LogP contribution in [0.5, 0.6) is 5.75 Å². The van der Waals surface area contributed by atoms with Crippen LogP contribution in [0.2, 0.25) is 0 Å². The number of carbonyl (C=O) groups excluding carboxylic acids is 1. The van der Waals surface area contributed by atoms with Crippen molar-refractivity contribution in [2.45, 2.75) is 6.54 Å². The minimum Gasteiger partial charge on any atom is -0.495 e. The van der Waals surface area contributed by atoms with Crippen molar-refractivity contribution in [2.75, 3.05) is 17.7 Å². The number of ether oxygens (including phenoxy) is 1. The Morgan fingerprint density at radius 1 is 1.17 bits per heavy atom. The molecule has 0 saturated carbocycles. The molecule has 0 saturated heterocycles. The molecule has 2 N–H and O–H groups in total. The molecule has 2 aromatic heterocycles. The summed E-state index contributed by atoms with van der Waals surface area (Å²) in [5, 5.41) is 6.53. The number of nitrogens with zero attached hydrogens (tertiary/aromatic N) is 2. The molecule has 6 nitrogen and oxygen atoms in total. The molecule has 152 valence electrons. The van der Waals surface area contributed by atoms with E-state index in [1.165, 1.54) is 6.20 Å². The lowest BCUT2D eigenvalue weighted by Crippen LogP contribution is -2.20. The monoisotopic (exact) mass is 468 g/mol. The van der Waals surface area contributed by atoms with Gasteiger partial charge < -0.3 is 19.9 Å². The average Bonchev–Trinajstić information content (AvgIpc) is 3.14. The van der Waals surface area contributed by atoms with Crippen molar-refractivity contribution in [3.63, 3.8) is 0 Å². The number of rotatable bonds is 5. The van der Waals surface area contributed by atoms with Crippen molar-refractivity contribution >= 4 is 44.2 Å². The number of aromatic nitrogens is 2. The van der Waals surface area contributed by atoms with Crippen LogP contribution in [0, 0.1) is 5.82 Å². The second-order valence-electron chi connectivity index (χ2n) is 6.57. The number of carbonyl (C=O) groups is 1. The number of fused-ring (bicyclic) bond motifs is 1. The normalized spacial score (nSPS) is 10.8. The number of nitrogens with one attached hydrogen (secondary N) is 2. The van der Waals surface area contributed by atoms with Gasteiger partial charge in [-0.15, -0.1) is 0 Å². The first kappa shape index (κ1) is 19.9. The van der Waals surface area contributed by atoms with Gasteiger partial charge in [-0.1, -0.05) is 22.0 Å². The van der Waals surface area contributed by atoms with Gasteiger partial charge in [0.15, 0.2) is 0 Å². The summed E-state index contributed by atoms with van der Waals surface area (Å²) < 4.78 is 22.0. The molecule has 0 aliphatic heterocycles. The molecule has 0 unspecified atom stereocenters. The Labute approximate surface area is 180 Å². The third-order valence-corrected chi connectivity index (χ3v) is 5.16. The van der Waals surface area contributed by atoms with Crippen molar-refractivity contribution in [1.29, 1.82) is 0 Å². The minimum absolute atomic E-state index is 0.351. The fraction of sp³-hybridized carbons (Fsp3) is 0.0909. The van der Waals surface area contributed by atoms with Crippen molar-refractivity contribution < 1.29 is 13.9 Å². The predicted octanol–water partition coefficient (Wildman–Crippen LogP) is 5.64. The fourth-order valence-corrected chi connectivity index (χ4v) is 3.60. The number of methoxy groups -OCH3 is 1. The summed E-state index contributed by atoms with van der Waals surface area (Å²) in [7, 11) is 1.54. The summed E-state index contributed by atoms with van der Waals surface area (Å²) in [6.07, 6.45) is 4.64. The topological polar surface area (TPSA) is 68.2 Å². The standard InChI is InChI=1S/C22H18BrFN4O2/c1-30-21-6-5-15(23)11-19(21)27-22(29)26-18-3-2-4-20-16(18)8-10-28(20)13-14-7-9-25-12-17(14)24/h2-12H,13H2,1H3,(H2,26,27,29). The molecule has 2 amide bonds. The Balaban J connectivity index is 1.57. The number of amides is 2. The molecule has 0 aliphatic rings. The number of urea groups is 1. The number of pyridine rings is 1. The van der Waals surface area contributed by atoms with Crippen LogP contribution in [0.4, 0.5) is 20.6 Å². The highest BCUT2D eigenvalue weighted by Crippen LogP contribution is 2.29. The highest BCUT2D eigenvalue weighted by atomic mass is 79.9. The molecule has 8 heteroatoms. The first-order chi connectivity index (χ1) is 14.5. The summed E-state index contributed by atoms with van der Waals surface area (Å²) in [6, 6.07) is 14.1. The van der Waals surface area contributed by atoms with Gasteiger partial charge in [0.05, 0.1) is 36.7 Å². The zero-order valence-electron chi connectivity index (χ0n) is 16.0. The number of anilines is 2. The van der Waals surface area contributed by atoms with Gasteiger partial charge in [0.25, 0.3) is 0 Å². The molecule has 0 atom stereocenters. The lowest BCUT2D eigenvalue weighted by molar-refractivity contribution is 0.262. The molecule has 4 rings (SSSR count). The highest BCUT2D eigenvalue weighted by Gasteiger charge is 2.12. The van der Waals surface area contributed by atoms with E-state index in [2.05, 4.69) is 31.5 Å². The van der Waals surface area contributed by atoms with Crippen LogP contribution in [-0.2, 0) is 6.54 Å². The van der Waals surface area contributed by atoms with Gasteiger partial charge >= 0.3 is 6.03 Å². The molecule has 0 bridgehead atoms. The molecule has 30 heavy (non-hydrogen) atoms. The zero-order chi connectivity index (χ0) is 21.1. The van der Waals surface area contributed by atoms with Crippen LogP contribution >= 0.6 is 15.9 Å². The first-order valence-electron chi connectivity index (χ1n) is 9.13. The van der Waals surface area contributed by atoms with Crippen molar-refractivity contribution in [1.82, 2.24) is 9.55 Å². The largest absolute Gasteiger partial charge is 0.495 e. The van der Waals surface area contributed by atoms with Gasteiger partial charge in [0, 0.05) is 27.8 Å². The number of halogens is 2. The molecule has 0 spiro atoms. The molecule has 0 radical (unpaired) electrons. The molecule has 2 aromatic carbocycles. The molecular formula is C22H18BrFN4O2. The summed E-state index contributed by atoms with van der Waals surface area (Å²) in [5.74, 6) is 0.202. The molecule has 0 fully saturated rings. The van der Waals surface area contributed by atoms with Crippen molar-refractivity contribution in [2.24, 2.45) is 0 Å². The van der Waals surface area contributed by atoms with Gasteiger partial charge in [-0.3, -0.25) is 4.98 Å². The smallest absolute Gasteiger partial charge is 0.323 e. The summed E-state index contributed by atoms with van der Waals surface area (Å²) in [6.45, 7) is 0.364. The van der Waals surface area contributed by atoms with Crippen LogP contribution in [-0.4, -0.2) is 22.7 Å². The van der Waals surface area contributed by atoms with E-state index in [-0.39, 0.29) is 5.82 Å². The molecule has 2 heterocycles. The number of benzene rings is 2. The zero-order valence-corrected chi connectivity index (χ0v) is 17.6. The Kier molecular flexibility index (Phi) is 5.67. The maximum absolute atomic E-state index is 14.0. The Morgan fingerprint density at radius 2 is 2.00 bits per heavy atom. The van der Waals surface area contributed by atoms with Gasteiger partial charge in [-0.05, 0) is 42.5 Å². The predicted molar refractivity (Wildman–Crippen MR) is 119 cm³/mol. The van der Waals surface area contributed by atoms with Gasteiger partial charge in [-0.25, -0.2) is 9.18 Å². The van der Waals surface area contributed by atoms with E-state index in [1.54, 1.807) is 31.5 Å². The Bertz CT molecular complexity index is 1220. The van der Waals surface area contributed by atoms with Crippen molar-refractivity contribution in [3.05, 3.63) is 83.0 Å². The summed E-state index contributed by atoms with van der Waals surface area (Å²) in [4.78, 5) is 16.4. The Hall–Kier alpha value is -3.39. The highest BCUT2D eigenvalue weighted by molar-refractivity contribution is 9.10.